The van der Waals surface area contributed by atoms with E-state index < -0.39 is 0 Å². The van der Waals surface area contributed by atoms with Crippen LogP contribution in [0, 0.1) is 11.3 Å². The van der Waals surface area contributed by atoms with E-state index in [0.717, 1.165) is 85.5 Å². The van der Waals surface area contributed by atoms with Crippen molar-refractivity contribution in [3.05, 3.63) is 70.9 Å². The van der Waals surface area contributed by atoms with Crippen LogP contribution in [0.15, 0.2) is 49.1 Å². The zero-order chi connectivity index (χ0) is 28.6. The van der Waals surface area contributed by atoms with Crippen LogP contribution < -0.4 is 5.32 Å². The Hall–Kier alpha value is -3.14. The van der Waals surface area contributed by atoms with Crippen LogP contribution >= 0.6 is 11.3 Å². The minimum absolute atomic E-state index is 0.156. The molecule has 0 radical (unpaired) electrons. The van der Waals surface area contributed by atoms with Crippen LogP contribution in [-0.2, 0) is 12.8 Å². The van der Waals surface area contributed by atoms with Crippen LogP contribution in [0.25, 0.3) is 16.0 Å². The normalized spacial score (nSPS) is 19.3. The lowest BCUT2D eigenvalue weighted by Crippen LogP contribution is -2.38. The molecule has 4 heterocycles. The Morgan fingerprint density at radius 1 is 1.15 bits per heavy atom. The SMILES string of the molecule is CC(C)(C)[C@H]1CCc2nc3sc(C(=O)N[C@H](CCN4CCC(O)CC4)c4ccc(-n5ccnc5)cc4)nc3cc2C1. The fourth-order valence-electron chi connectivity index (χ4n) is 6.14. The zero-order valence-corrected chi connectivity index (χ0v) is 25.0. The summed E-state index contributed by atoms with van der Waals surface area (Å²) in [4.78, 5) is 30.7. The number of aryl methyl sites for hydroxylation is 1. The number of aliphatic hydroxyl groups is 1. The number of benzene rings is 1. The molecular weight excluding hydrogens is 532 g/mol. The zero-order valence-electron chi connectivity index (χ0n) is 24.2. The van der Waals surface area contributed by atoms with Crippen LogP contribution in [-0.4, -0.2) is 61.2 Å². The maximum Gasteiger partial charge on any atom is 0.280 e. The second-order valence-electron chi connectivity index (χ2n) is 12.7. The third kappa shape index (κ3) is 6.37. The topological polar surface area (TPSA) is 96.2 Å². The first-order valence-corrected chi connectivity index (χ1v) is 15.6. The van der Waals surface area contributed by atoms with Crippen molar-refractivity contribution in [2.75, 3.05) is 19.6 Å². The van der Waals surface area contributed by atoms with E-state index in [1.54, 1.807) is 12.5 Å². The van der Waals surface area contributed by atoms with Gasteiger partial charge in [-0.2, -0.15) is 0 Å². The summed E-state index contributed by atoms with van der Waals surface area (Å²) in [6, 6.07) is 10.3. The van der Waals surface area contributed by atoms with Crippen molar-refractivity contribution in [2.45, 2.75) is 71.4 Å². The summed E-state index contributed by atoms with van der Waals surface area (Å²) in [5.41, 5.74) is 5.61. The lowest BCUT2D eigenvalue weighted by molar-refractivity contribution is 0.0795. The van der Waals surface area contributed by atoms with Crippen molar-refractivity contribution in [3.8, 4) is 5.69 Å². The molecule has 9 heteroatoms. The second kappa shape index (κ2) is 11.6. The number of fused-ring (bicyclic) bond motifs is 2. The van der Waals surface area contributed by atoms with Gasteiger partial charge in [0.1, 0.15) is 10.3 Å². The van der Waals surface area contributed by atoms with E-state index >= 15 is 0 Å². The van der Waals surface area contributed by atoms with Crippen LogP contribution in [0.2, 0.25) is 0 Å². The number of hydrogen-bond acceptors (Lipinski definition) is 7. The smallest absolute Gasteiger partial charge is 0.280 e. The molecule has 2 atom stereocenters. The van der Waals surface area contributed by atoms with E-state index in [2.05, 4.69) is 66.3 Å². The lowest BCUT2D eigenvalue weighted by Gasteiger charge is -2.34. The average molecular weight is 573 g/mol. The Balaban J connectivity index is 1.21. The van der Waals surface area contributed by atoms with Gasteiger partial charge < -0.3 is 19.9 Å². The summed E-state index contributed by atoms with van der Waals surface area (Å²) in [5, 5.41) is 13.7. The molecule has 4 aromatic rings. The van der Waals surface area contributed by atoms with Gasteiger partial charge in [0.15, 0.2) is 5.01 Å². The van der Waals surface area contributed by atoms with Gasteiger partial charge >= 0.3 is 0 Å². The maximum atomic E-state index is 13.6. The fourth-order valence-corrected chi connectivity index (χ4v) is 6.98. The van der Waals surface area contributed by atoms with Crippen LogP contribution in [0.3, 0.4) is 0 Å². The summed E-state index contributed by atoms with van der Waals surface area (Å²) in [6.45, 7) is 9.56. The molecule has 3 aromatic heterocycles. The van der Waals surface area contributed by atoms with Crippen molar-refractivity contribution in [3.63, 3.8) is 0 Å². The van der Waals surface area contributed by atoms with Gasteiger partial charge in [-0.3, -0.25) is 4.79 Å². The first-order chi connectivity index (χ1) is 19.7. The van der Waals surface area contributed by atoms with Gasteiger partial charge in [0.25, 0.3) is 5.91 Å². The molecule has 1 aromatic carbocycles. The Bertz CT molecular complexity index is 1480. The highest BCUT2D eigenvalue weighted by Crippen LogP contribution is 2.38. The Morgan fingerprint density at radius 3 is 2.63 bits per heavy atom. The molecule has 1 saturated heterocycles. The monoisotopic (exact) mass is 572 g/mol. The number of aromatic nitrogens is 4. The minimum atomic E-state index is -0.199. The number of amides is 1. The molecule has 0 spiro atoms. The van der Waals surface area contributed by atoms with Gasteiger partial charge in [0.05, 0.1) is 18.5 Å². The number of likely N-dealkylation sites (tertiary alicyclic amines) is 1. The van der Waals surface area contributed by atoms with Crippen molar-refractivity contribution in [1.82, 2.24) is 29.7 Å². The van der Waals surface area contributed by atoms with Crippen molar-refractivity contribution >= 4 is 27.6 Å². The Morgan fingerprint density at radius 2 is 1.93 bits per heavy atom. The maximum absolute atomic E-state index is 13.6. The average Bonchev–Trinajstić information content (AvgIpc) is 3.64. The summed E-state index contributed by atoms with van der Waals surface area (Å²) in [5.74, 6) is 0.469. The molecule has 8 nitrogen and oxygen atoms in total. The molecule has 0 bridgehead atoms. The highest BCUT2D eigenvalue weighted by Gasteiger charge is 2.30. The largest absolute Gasteiger partial charge is 0.393 e. The number of carbonyl (C=O) groups excluding carboxylic acids is 1. The van der Waals surface area contributed by atoms with E-state index in [0.29, 0.717) is 10.9 Å². The molecule has 216 valence electrons. The summed E-state index contributed by atoms with van der Waals surface area (Å²) >= 11 is 1.39. The number of aliphatic hydroxyl groups excluding tert-OH is 1. The number of nitrogens with one attached hydrogen (secondary N) is 1. The summed E-state index contributed by atoms with van der Waals surface area (Å²) < 4.78 is 1.97. The van der Waals surface area contributed by atoms with Crippen molar-refractivity contribution < 1.29 is 9.90 Å². The van der Waals surface area contributed by atoms with E-state index in [-0.39, 0.29) is 23.5 Å². The molecule has 0 unspecified atom stereocenters. The summed E-state index contributed by atoms with van der Waals surface area (Å²) in [7, 11) is 0. The number of imidazole rings is 1. The van der Waals surface area contributed by atoms with E-state index in [4.69, 9.17) is 9.97 Å². The highest BCUT2D eigenvalue weighted by molar-refractivity contribution is 7.19. The third-order valence-corrected chi connectivity index (χ3v) is 9.83. The molecule has 1 fully saturated rings. The van der Waals surface area contributed by atoms with Crippen LogP contribution in [0.1, 0.15) is 79.1 Å². The first kappa shape index (κ1) is 28.0. The number of rotatable bonds is 7. The van der Waals surface area contributed by atoms with Crippen LogP contribution in [0.5, 0.6) is 0 Å². The Kier molecular flexibility index (Phi) is 7.94. The number of thiazole rings is 1. The molecular formula is C32H40N6O2S. The van der Waals surface area contributed by atoms with Gasteiger partial charge in [0, 0.05) is 43.4 Å². The number of hydrogen-bond donors (Lipinski definition) is 2. The summed E-state index contributed by atoms with van der Waals surface area (Å²) in [6.07, 6.45) is 10.8. The molecule has 2 aliphatic rings. The molecule has 41 heavy (non-hydrogen) atoms. The van der Waals surface area contributed by atoms with Crippen molar-refractivity contribution in [1.29, 1.82) is 0 Å². The van der Waals surface area contributed by atoms with E-state index in [1.165, 1.54) is 16.9 Å². The molecule has 1 aliphatic heterocycles. The Labute approximate surface area is 245 Å². The first-order valence-electron chi connectivity index (χ1n) is 14.8. The van der Waals surface area contributed by atoms with Crippen LogP contribution in [0.4, 0.5) is 0 Å². The van der Waals surface area contributed by atoms with E-state index in [9.17, 15) is 9.90 Å². The predicted octanol–water partition coefficient (Wildman–Crippen LogP) is 5.35. The van der Waals surface area contributed by atoms with Gasteiger partial charge in [0.2, 0.25) is 0 Å². The van der Waals surface area contributed by atoms with Gasteiger partial charge in [-0.05, 0) is 79.2 Å². The molecule has 0 saturated carbocycles. The van der Waals surface area contributed by atoms with Crippen molar-refractivity contribution in [2.24, 2.45) is 11.3 Å². The van der Waals surface area contributed by atoms with Gasteiger partial charge in [-0.25, -0.2) is 15.0 Å². The van der Waals surface area contributed by atoms with Gasteiger partial charge in [-0.1, -0.05) is 44.2 Å². The highest BCUT2D eigenvalue weighted by atomic mass is 32.1. The number of nitrogens with zero attached hydrogens (tertiary/aromatic N) is 5. The number of carbonyl (C=O) groups is 1. The predicted molar refractivity (Wildman–Crippen MR) is 162 cm³/mol. The van der Waals surface area contributed by atoms with Gasteiger partial charge in [-0.15, -0.1) is 0 Å². The lowest BCUT2D eigenvalue weighted by atomic mass is 9.71. The second-order valence-corrected chi connectivity index (χ2v) is 13.7. The third-order valence-electron chi connectivity index (χ3n) is 8.86. The fraction of sp³-hybridized carbons (Fsp3) is 0.500. The minimum Gasteiger partial charge on any atom is -0.393 e. The van der Waals surface area contributed by atoms with E-state index in [1.807, 2.05) is 10.8 Å². The standard InChI is InChI=1S/C32H40N6O2S/c1-32(2,3)23-6-9-26-22(18-23)19-28-30(35-26)41-31(36-28)29(40)34-27(12-16-37-14-10-25(39)11-15-37)21-4-7-24(8-5-21)38-17-13-33-20-38/h4-5,7-8,13,17,19-20,23,25,27,39H,6,9-12,14-16,18H2,1-3H3,(H,34,40)/t23-,27+/m0/s1. The number of piperidine rings is 1. The quantitative estimate of drug-likeness (QED) is 0.310. The number of pyridine rings is 1. The molecule has 1 aliphatic carbocycles. The molecule has 1 amide bonds. The molecule has 2 N–H and O–H groups in total. The molecule has 6 rings (SSSR count).